The molecular weight excluding hydrogens is 631 g/mol. The number of urea groups is 1. The number of hydrogen-bond acceptors (Lipinski definition) is 4. The van der Waals surface area contributed by atoms with Crippen LogP contribution in [-0.2, 0) is 4.79 Å². The second kappa shape index (κ2) is 12.7. The molecule has 0 aromatic heterocycles. The molecule has 2 aromatic rings. The van der Waals surface area contributed by atoms with E-state index in [4.69, 9.17) is 4.74 Å². The van der Waals surface area contributed by atoms with Crippen molar-refractivity contribution in [3.63, 3.8) is 0 Å². The summed E-state index contributed by atoms with van der Waals surface area (Å²) in [4.78, 5) is 24.4. The van der Waals surface area contributed by atoms with Gasteiger partial charge in [-0.3, -0.25) is 4.79 Å². The van der Waals surface area contributed by atoms with Crippen LogP contribution in [0.2, 0.25) is 0 Å². The Kier molecular flexibility index (Phi) is 8.92. The van der Waals surface area contributed by atoms with Crippen molar-refractivity contribution < 1.29 is 41.4 Å². The standard InChI is InChI=1S/C37H37F5N2O4/c1-4-37(47)16-15-24-28-29(27-23(30(38)33(28)41)18-25(45)31(39)32(27)40)26(34(42)36(24,37)2)20-9-7-19(8-10-20)6-5-17-43-35(46)44-21-11-13-22(48-3)14-12-21/h7-14,18,24,26,28,30-34,47H,4,15-17H2,1-3H3,(H2,43,44,46)/t24-,26+,28-,30?,31?,32?,33?,34?,36+,37-/m0/s1. The molecule has 48 heavy (non-hydrogen) atoms. The van der Waals surface area contributed by atoms with Crippen LogP contribution in [-0.4, -0.2) is 67.0 Å². The van der Waals surface area contributed by atoms with Crippen LogP contribution in [0.5, 0.6) is 5.75 Å². The molecular formula is C37H37F5N2O4. The smallest absolute Gasteiger partial charge is 0.319 e. The Hall–Kier alpha value is -4.17. The highest BCUT2D eigenvalue weighted by atomic mass is 19.2. The minimum atomic E-state index is -2.62. The van der Waals surface area contributed by atoms with Crippen molar-refractivity contribution in [2.24, 2.45) is 17.3 Å². The summed E-state index contributed by atoms with van der Waals surface area (Å²) in [6.45, 7) is 3.26. The van der Waals surface area contributed by atoms with E-state index in [9.17, 15) is 19.1 Å². The number of allylic oxidation sites excluding steroid dienone is 4. The number of halogens is 5. The summed E-state index contributed by atoms with van der Waals surface area (Å²) < 4.78 is 84.9. The molecule has 0 heterocycles. The zero-order valence-corrected chi connectivity index (χ0v) is 26.7. The van der Waals surface area contributed by atoms with Crippen LogP contribution in [0.4, 0.5) is 32.4 Å². The summed E-state index contributed by atoms with van der Waals surface area (Å²) in [6, 6.07) is 12.6. The van der Waals surface area contributed by atoms with E-state index in [0.29, 0.717) is 28.6 Å². The van der Waals surface area contributed by atoms with E-state index in [-0.39, 0.29) is 31.4 Å². The molecule has 2 amide bonds. The van der Waals surface area contributed by atoms with Crippen LogP contribution in [0.25, 0.3) is 0 Å². The van der Waals surface area contributed by atoms with Gasteiger partial charge in [0.1, 0.15) is 18.1 Å². The van der Waals surface area contributed by atoms with Gasteiger partial charge in [-0.1, -0.05) is 37.8 Å². The molecule has 10 atom stereocenters. The fraction of sp³-hybridized carbons (Fsp3) is 0.459. The van der Waals surface area contributed by atoms with Crippen molar-refractivity contribution in [2.45, 2.75) is 75.5 Å². The zero-order valence-electron chi connectivity index (χ0n) is 26.7. The average molecular weight is 669 g/mol. The number of carbonyl (C=O) groups is 2. The highest BCUT2D eigenvalue weighted by Crippen LogP contribution is 2.68. The van der Waals surface area contributed by atoms with E-state index < -0.39 is 82.6 Å². The number of hydrogen-bond donors (Lipinski definition) is 3. The maximum absolute atomic E-state index is 17.2. The molecule has 0 aliphatic heterocycles. The Morgan fingerprint density at radius 2 is 1.71 bits per heavy atom. The summed E-state index contributed by atoms with van der Waals surface area (Å²) in [5.74, 6) is 1.52. The normalized spacial score (nSPS) is 35.4. The lowest BCUT2D eigenvalue weighted by molar-refractivity contribution is -0.143. The van der Waals surface area contributed by atoms with Gasteiger partial charge in [0.25, 0.3) is 0 Å². The number of anilines is 1. The summed E-state index contributed by atoms with van der Waals surface area (Å²) in [5.41, 5.74) is -2.83. The Balaban J connectivity index is 1.31. The van der Waals surface area contributed by atoms with Gasteiger partial charge in [0.2, 0.25) is 0 Å². The molecule has 0 saturated heterocycles. The number of methoxy groups -OCH3 is 1. The fourth-order valence-electron chi connectivity index (χ4n) is 8.46. The Labute approximate surface area is 275 Å². The molecule has 5 unspecified atom stereocenters. The summed E-state index contributed by atoms with van der Waals surface area (Å²) in [6.07, 6.45) is -10.6. The minimum Gasteiger partial charge on any atom is -0.497 e. The van der Waals surface area contributed by atoms with Crippen molar-refractivity contribution >= 4 is 17.5 Å². The lowest BCUT2D eigenvalue weighted by Crippen LogP contribution is -2.61. The van der Waals surface area contributed by atoms with Crippen LogP contribution in [0, 0.1) is 29.1 Å². The van der Waals surface area contributed by atoms with Crippen molar-refractivity contribution in [3.8, 4) is 17.6 Å². The first kappa shape index (κ1) is 33.7. The molecule has 6 rings (SSSR count). The molecule has 2 saturated carbocycles. The molecule has 4 aliphatic carbocycles. The lowest BCUT2D eigenvalue weighted by atomic mass is 9.49. The minimum absolute atomic E-state index is 0.00456. The molecule has 4 aliphatic rings. The molecule has 2 aromatic carbocycles. The number of carbonyl (C=O) groups excluding carboxylic acids is 2. The third-order valence-corrected chi connectivity index (χ3v) is 11.1. The number of benzene rings is 2. The topological polar surface area (TPSA) is 87.7 Å². The van der Waals surface area contributed by atoms with Gasteiger partial charge in [-0.2, -0.15) is 0 Å². The molecule has 0 bridgehead atoms. The first-order valence-electron chi connectivity index (χ1n) is 16.1. The number of amides is 2. The SMILES string of the molecule is CC[C@]1(O)CC[C@H]2[C@H]3C(=C4C(=CC(=O)C(F)C4F)C(F)C3F)[C@@H](c3ccc(C#CCNC(=O)Nc4ccc(OC)cc4)cc3)C(F)[C@@]21C. The molecule has 11 heteroatoms. The molecule has 0 radical (unpaired) electrons. The van der Waals surface area contributed by atoms with Crippen LogP contribution in [0.15, 0.2) is 71.3 Å². The Morgan fingerprint density at radius 1 is 1.02 bits per heavy atom. The fourth-order valence-corrected chi connectivity index (χ4v) is 8.46. The molecule has 6 nitrogen and oxygen atoms in total. The summed E-state index contributed by atoms with van der Waals surface area (Å²) in [5, 5.41) is 17.0. The number of aliphatic hydroxyl groups is 1. The van der Waals surface area contributed by atoms with Gasteiger partial charge in [0.05, 0.1) is 19.3 Å². The predicted octanol–water partition coefficient (Wildman–Crippen LogP) is 6.65. The Bertz CT molecular complexity index is 1720. The van der Waals surface area contributed by atoms with Crippen LogP contribution in [0.1, 0.15) is 50.2 Å². The molecule has 0 spiro atoms. The van der Waals surface area contributed by atoms with Crippen molar-refractivity contribution in [2.75, 3.05) is 19.0 Å². The third-order valence-electron chi connectivity index (χ3n) is 11.1. The van der Waals surface area contributed by atoms with Gasteiger partial charge in [-0.05, 0) is 89.9 Å². The van der Waals surface area contributed by atoms with Crippen molar-refractivity contribution in [1.82, 2.24) is 5.32 Å². The second-order valence-electron chi connectivity index (χ2n) is 13.2. The van der Waals surface area contributed by atoms with Crippen LogP contribution in [0.3, 0.4) is 0 Å². The predicted molar refractivity (Wildman–Crippen MR) is 170 cm³/mol. The summed E-state index contributed by atoms with van der Waals surface area (Å²) in [7, 11) is 1.54. The number of ketones is 1. The van der Waals surface area contributed by atoms with Crippen LogP contribution >= 0.6 is 0 Å². The number of fused-ring (bicyclic) bond motifs is 4. The number of ether oxygens (including phenoxy) is 1. The van der Waals surface area contributed by atoms with Crippen LogP contribution < -0.4 is 15.4 Å². The average Bonchev–Trinajstić information content (AvgIpc) is 3.36. The van der Waals surface area contributed by atoms with Crippen molar-refractivity contribution in [1.29, 1.82) is 0 Å². The molecule has 2 fully saturated rings. The van der Waals surface area contributed by atoms with E-state index >= 15 is 17.6 Å². The van der Waals surface area contributed by atoms with Gasteiger partial charge in [-0.25, -0.2) is 26.7 Å². The number of alkyl halides is 5. The maximum Gasteiger partial charge on any atom is 0.319 e. The van der Waals surface area contributed by atoms with E-state index in [1.807, 2.05) is 0 Å². The second-order valence-corrected chi connectivity index (χ2v) is 13.2. The zero-order chi connectivity index (χ0) is 34.5. The van der Waals surface area contributed by atoms with Gasteiger partial charge < -0.3 is 20.5 Å². The highest BCUT2D eigenvalue weighted by Gasteiger charge is 2.70. The van der Waals surface area contributed by atoms with E-state index in [2.05, 4.69) is 22.5 Å². The third kappa shape index (κ3) is 5.29. The van der Waals surface area contributed by atoms with Gasteiger partial charge in [0.15, 0.2) is 24.3 Å². The van der Waals surface area contributed by atoms with Crippen molar-refractivity contribution in [3.05, 3.63) is 82.5 Å². The van der Waals surface area contributed by atoms with Gasteiger partial charge in [-0.15, -0.1) is 0 Å². The van der Waals surface area contributed by atoms with E-state index in [1.165, 1.54) is 7.11 Å². The largest absolute Gasteiger partial charge is 0.497 e. The Morgan fingerprint density at radius 3 is 2.35 bits per heavy atom. The quantitative estimate of drug-likeness (QED) is 0.246. The van der Waals surface area contributed by atoms with Gasteiger partial charge in [0, 0.05) is 28.5 Å². The highest BCUT2D eigenvalue weighted by molar-refractivity contribution is 5.98. The van der Waals surface area contributed by atoms with E-state index in [0.717, 1.165) is 0 Å². The maximum atomic E-state index is 17.2. The number of rotatable bonds is 5. The first-order chi connectivity index (χ1) is 22.9. The molecule has 3 N–H and O–H groups in total. The van der Waals surface area contributed by atoms with Gasteiger partial charge >= 0.3 is 6.03 Å². The first-order valence-corrected chi connectivity index (χ1v) is 16.1. The molecule has 254 valence electrons. The number of nitrogens with one attached hydrogen (secondary N) is 2. The van der Waals surface area contributed by atoms with E-state index in [1.54, 1.807) is 62.4 Å². The summed E-state index contributed by atoms with van der Waals surface area (Å²) >= 11 is 0. The lowest BCUT2D eigenvalue weighted by Gasteiger charge is -2.57. The monoisotopic (exact) mass is 668 g/mol.